The minimum atomic E-state index is -0.417. The van der Waals surface area contributed by atoms with Crippen LogP contribution in [-0.2, 0) is 21.6 Å². The maximum Gasteiger partial charge on any atom is 0.0874 e. The molecule has 1 nitrogen and oxygen atoms in total. The van der Waals surface area contributed by atoms with Crippen LogP contribution in [0.1, 0.15) is 13.8 Å². The fourth-order valence-electron chi connectivity index (χ4n) is 0. The van der Waals surface area contributed by atoms with Crippen LogP contribution in [-0.4, -0.2) is 6.10 Å². The predicted molar refractivity (Wildman–Crippen MR) is 15.8 cm³/mol. The molecule has 0 heterocycles. The van der Waals surface area contributed by atoms with Crippen LogP contribution in [0.4, 0.5) is 0 Å². The molecular formula is C3H7NiO. The third kappa shape index (κ3) is 130. The number of hydrogen-bond donors (Lipinski definition) is 0. The van der Waals surface area contributed by atoms with E-state index in [4.69, 9.17) is 0 Å². The average Bonchev–Trinajstić information content (AvgIpc) is 0.811. The van der Waals surface area contributed by atoms with Gasteiger partial charge in [-0.3, -0.25) is 0 Å². The molecule has 0 aliphatic rings. The van der Waals surface area contributed by atoms with Gasteiger partial charge in [-0.2, -0.15) is 0 Å². The van der Waals surface area contributed by atoms with E-state index in [0.717, 1.165) is 0 Å². The molecule has 0 aliphatic heterocycles. The van der Waals surface area contributed by atoms with E-state index in [-0.39, 0.29) is 16.5 Å². The molecule has 0 spiro atoms. The van der Waals surface area contributed by atoms with Crippen LogP contribution in [0.2, 0.25) is 0 Å². The summed E-state index contributed by atoms with van der Waals surface area (Å²) < 4.78 is 0. The molecule has 5 heavy (non-hydrogen) atoms. The van der Waals surface area contributed by atoms with E-state index in [0.29, 0.717) is 0 Å². The summed E-state index contributed by atoms with van der Waals surface area (Å²) in [5, 5.41) is 9.53. The summed E-state index contributed by atoms with van der Waals surface area (Å²) in [6.07, 6.45) is -0.417. The van der Waals surface area contributed by atoms with E-state index in [9.17, 15) is 5.11 Å². The van der Waals surface area contributed by atoms with Crippen molar-refractivity contribution in [2.75, 3.05) is 0 Å². The van der Waals surface area contributed by atoms with E-state index < -0.39 is 6.10 Å². The van der Waals surface area contributed by atoms with Crippen molar-refractivity contribution in [3.05, 3.63) is 0 Å². The minimum absolute atomic E-state index is 0. The summed E-state index contributed by atoms with van der Waals surface area (Å²) in [5.74, 6) is 0. The monoisotopic (exact) mass is 117 g/mol. The van der Waals surface area contributed by atoms with Gasteiger partial charge in [0.2, 0.25) is 0 Å². The molecule has 0 bridgehead atoms. The average molecular weight is 118 g/mol. The van der Waals surface area contributed by atoms with Crippen molar-refractivity contribution in [3.63, 3.8) is 0 Å². The maximum absolute atomic E-state index is 9.53. The van der Waals surface area contributed by atoms with Gasteiger partial charge in [-0.25, -0.2) is 5.11 Å². The predicted octanol–water partition coefficient (Wildman–Crippen LogP) is 0.823. The van der Waals surface area contributed by atoms with Gasteiger partial charge in [0.05, 0.1) is 6.10 Å². The van der Waals surface area contributed by atoms with Crippen LogP contribution in [0, 0.1) is 0 Å². The number of hydrogen-bond acceptors (Lipinski definition) is 0. The first-order valence-electron chi connectivity index (χ1n) is 1.39. The Morgan fingerprint density at radius 1 is 1.40 bits per heavy atom. The van der Waals surface area contributed by atoms with E-state index >= 15 is 0 Å². The van der Waals surface area contributed by atoms with Crippen molar-refractivity contribution in [2.45, 2.75) is 20.0 Å². The summed E-state index contributed by atoms with van der Waals surface area (Å²) in [6.45, 7) is 3.22. The molecule has 0 N–H and O–H groups in total. The zero-order chi connectivity index (χ0) is 3.58. The first-order chi connectivity index (χ1) is 1.73. The summed E-state index contributed by atoms with van der Waals surface area (Å²) in [5.41, 5.74) is 0. The Hall–Kier alpha value is 0.454. The second-order valence-corrected chi connectivity index (χ2v) is 1.05. The molecule has 0 aromatic carbocycles. The molecule has 35 valence electrons. The largest absolute Gasteiger partial charge is 0.234 e. The van der Waals surface area contributed by atoms with Gasteiger partial charge in [0, 0.05) is 16.5 Å². The van der Waals surface area contributed by atoms with Crippen LogP contribution in [0.5, 0.6) is 0 Å². The smallest absolute Gasteiger partial charge is 0.0874 e. The van der Waals surface area contributed by atoms with Gasteiger partial charge in [-0.05, 0) is 13.8 Å². The van der Waals surface area contributed by atoms with Crippen molar-refractivity contribution >= 4 is 0 Å². The molecule has 0 amide bonds. The van der Waals surface area contributed by atoms with Gasteiger partial charge in [0.15, 0.2) is 0 Å². The van der Waals surface area contributed by atoms with Gasteiger partial charge >= 0.3 is 0 Å². The molecule has 0 fully saturated rings. The van der Waals surface area contributed by atoms with Crippen LogP contribution in [0.3, 0.4) is 0 Å². The first kappa shape index (κ1) is 9.07. The van der Waals surface area contributed by atoms with Crippen LogP contribution >= 0.6 is 0 Å². The number of rotatable bonds is 0. The van der Waals surface area contributed by atoms with E-state index in [2.05, 4.69) is 0 Å². The second-order valence-electron chi connectivity index (χ2n) is 1.05. The van der Waals surface area contributed by atoms with Crippen molar-refractivity contribution in [1.82, 2.24) is 0 Å². The normalized spacial score (nSPS) is 7.20. The molecule has 0 aromatic rings. The van der Waals surface area contributed by atoms with Gasteiger partial charge in [0.1, 0.15) is 0 Å². The molecule has 0 aliphatic carbocycles. The molecule has 1 radical (unpaired) electrons. The molecule has 0 unspecified atom stereocenters. The molecule has 0 aromatic heterocycles. The Morgan fingerprint density at radius 2 is 1.40 bits per heavy atom. The molecule has 2 heteroatoms. The summed E-state index contributed by atoms with van der Waals surface area (Å²) in [6, 6.07) is 0. The van der Waals surface area contributed by atoms with Crippen molar-refractivity contribution in [2.24, 2.45) is 0 Å². The Balaban J connectivity index is 0. The van der Waals surface area contributed by atoms with Gasteiger partial charge < -0.3 is 0 Å². The SMILES string of the molecule is CC(C)[O].[Ni]. The second kappa shape index (κ2) is 4.45. The Labute approximate surface area is 42.3 Å². The van der Waals surface area contributed by atoms with Crippen LogP contribution in [0.25, 0.3) is 0 Å². The fraction of sp³-hybridized carbons (Fsp3) is 1.00. The Kier molecular flexibility index (Phi) is 8.08. The molecular weight excluding hydrogens is 111 g/mol. The van der Waals surface area contributed by atoms with Crippen molar-refractivity contribution in [3.8, 4) is 0 Å². The van der Waals surface area contributed by atoms with E-state index in [1.807, 2.05) is 0 Å². The first-order valence-corrected chi connectivity index (χ1v) is 1.39. The van der Waals surface area contributed by atoms with E-state index in [1.54, 1.807) is 13.8 Å². The molecule has 0 atom stereocenters. The van der Waals surface area contributed by atoms with Gasteiger partial charge in [-0.1, -0.05) is 0 Å². The zero-order valence-electron chi connectivity index (χ0n) is 3.30. The maximum atomic E-state index is 9.53. The van der Waals surface area contributed by atoms with Gasteiger partial charge in [0.25, 0.3) is 0 Å². The third-order valence-electron chi connectivity index (χ3n) is 0. The summed E-state index contributed by atoms with van der Waals surface area (Å²) >= 11 is 0. The van der Waals surface area contributed by atoms with Crippen molar-refractivity contribution < 1.29 is 21.6 Å². The summed E-state index contributed by atoms with van der Waals surface area (Å²) in [7, 11) is 0. The fourth-order valence-corrected chi connectivity index (χ4v) is 0. The molecule has 0 saturated heterocycles. The molecule has 0 saturated carbocycles. The van der Waals surface area contributed by atoms with Crippen molar-refractivity contribution in [1.29, 1.82) is 0 Å². The third-order valence-corrected chi connectivity index (χ3v) is 0. The quantitative estimate of drug-likeness (QED) is 0.419. The van der Waals surface area contributed by atoms with Crippen LogP contribution < -0.4 is 0 Å². The zero-order valence-corrected chi connectivity index (χ0v) is 4.29. The Morgan fingerprint density at radius 3 is 1.40 bits per heavy atom. The topological polar surface area (TPSA) is 19.9 Å². The Bertz CT molecular complexity index is 11.6. The molecule has 0 rings (SSSR count). The summed E-state index contributed by atoms with van der Waals surface area (Å²) in [4.78, 5) is 0. The van der Waals surface area contributed by atoms with E-state index in [1.165, 1.54) is 0 Å². The minimum Gasteiger partial charge on any atom is -0.234 e. The van der Waals surface area contributed by atoms with Crippen LogP contribution in [0.15, 0.2) is 0 Å². The standard InChI is InChI=1S/C3H7O.Ni/c1-3(2)4;/h3H,1-2H3;. The van der Waals surface area contributed by atoms with Gasteiger partial charge in [-0.15, -0.1) is 0 Å².